The molecule has 0 saturated carbocycles. The van der Waals surface area contributed by atoms with E-state index in [1.165, 1.54) is 0 Å². The van der Waals surface area contributed by atoms with Gasteiger partial charge in [-0.25, -0.2) is 0 Å². The van der Waals surface area contributed by atoms with Crippen molar-refractivity contribution in [1.29, 1.82) is 5.41 Å². The molecule has 0 aliphatic rings. The van der Waals surface area contributed by atoms with Gasteiger partial charge >= 0.3 is 0 Å². The summed E-state index contributed by atoms with van der Waals surface area (Å²) >= 11 is 5.01. The zero-order valence-electron chi connectivity index (χ0n) is 4.09. The van der Waals surface area contributed by atoms with Crippen molar-refractivity contribution in [3.05, 3.63) is 12.2 Å². The van der Waals surface area contributed by atoms with E-state index in [0.29, 0.717) is 5.57 Å². The normalized spacial score (nSPS) is 7.71. The Morgan fingerprint density at radius 2 is 2.29 bits per heavy atom. The fourth-order valence-corrected chi connectivity index (χ4v) is 0.242. The van der Waals surface area contributed by atoms with Crippen LogP contribution in [0.25, 0.3) is 0 Å². The van der Waals surface area contributed by atoms with Crippen LogP contribution in [-0.4, -0.2) is 5.84 Å². The molecule has 0 fully saturated rings. The standard InChI is InChI=1S/C4H7ClN2/c1-3(2)4(6)7-5/h1H2,2H3,(H2,6,7). The molecule has 0 aliphatic heterocycles. The largest absolute Gasteiger partial charge is 0.284 e. The molecule has 0 saturated heterocycles. The van der Waals surface area contributed by atoms with Crippen LogP contribution >= 0.6 is 11.8 Å². The van der Waals surface area contributed by atoms with E-state index in [9.17, 15) is 0 Å². The highest BCUT2D eigenvalue weighted by molar-refractivity contribution is 6.24. The van der Waals surface area contributed by atoms with Crippen molar-refractivity contribution >= 4 is 17.6 Å². The molecule has 40 valence electrons. The molecule has 7 heavy (non-hydrogen) atoms. The Balaban J connectivity index is 3.58. The maximum absolute atomic E-state index is 6.85. The first kappa shape index (κ1) is 6.50. The first-order valence-corrected chi connectivity index (χ1v) is 2.17. The van der Waals surface area contributed by atoms with Crippen molar-refractivity contribution in [2.75, 3.05) is 0 Å². The Kier molecular flexibility index (Phi) is 2.45. The highest BCUT2D eigenvalue weighted by Crippen LogP contribution is 1.85. The lowest BCUT2D eigenvalue weighted by molar-refractivity contribution is 1.33. The van der Waals surface area contributed by atoms with Crippen LogP contribution in [0.15, 0.2) is 12.2 Å². The number of nitrogens with one attached hydrogen (secondary N) is 2. The molecule has 0 atom stereocenters. The third-order valence-corrected chi connectivity index (χ3v) is 0.710. The van der Waals surface area contributed by atoms with Crippen LogP contribution in [0.2, 0.25) is 0 Å². The van der Waals surface area contributed by atoms with Crippen LogP contribution in [-0.2, 0) is 0 Å². The lowest BCUT2D eigenvalue weighted by Gasteiger charge is -1.93. The average Bonchev–Trinajstić information content (AvgIpc) is 1.65. The smallest absolute Gasteiger partial charge is 0.135 e. The van der Waals surface area contributed by atoms with Gasteiger partial charge in [-0.2, -0.15) is 0 Å². The number of hydrogen-bond acceptors (Lipinski definition) is 1. The van der Waals surface area contributed by atoms with Gasteiger partial charge in [0.15, 0.2) is 0 Å². The number of hydrogen-bond donors (Lipinski definition) is 2. The summed E-state index contributed by atoms with van der Waals surface area (Å²) in [5.41, 5.74) is 0.634. The van der Waals surface area contributed by atoms with Crippen LogP contribution in [0.1, 0.15) is 6.92 Å². The summed E-state index contributed by atoms with van der Waals surface area (Å²) in [6, 6.07) is 0. The van der Waals surface area contributed by atoms with Crippen LogP contribution in [0.4, 0.5) is 0 Å². The zero-order valence-corrected chi connectivity index (χ0v) is 4.84. The van der Waals surface area contributed by atoms with Crippen molar-refractivity contribution in [2.24, 2.45) is 0 Å². The van der Waals surface area contributed by atoms with Gasteiger partial charge in [0.2, 0.25) is 0 Å². The molecule has 0 aromatic heterocycles. The van der Waals surface area contributed by atoms with Crippen molar-refractivity contribution < 1.29 is 0 Å². The van der Waals surface area contributed by atoms with Crippen LogP contribution < -0.4 is 4.84 Å². The second kappa shape index (κ2) is 2.64. The predicted octanol–water partition coefficient (Wildman–Crippen LogP) is 1.28. The second-order valence-corrected chi connectivity index (χ2v) is 1.44. The Hall–Kier alpha value is -0.500. The van der Waals surface area contributed by atoms with E-state index in [1.807, 2.05) is 0 Å². The third kappa shape index (κ3) is 2.23. The maximum Gasteiger partial charge on any atom is 0.135 e. The maximum atomic E-state index is 6.85. The summed E-state index contributed by atoms with van der Waals surface area (Å²) in [6.07, 6.45) is 0. The first-order valence-electron chi connectivity index (χ1n) is 1.79. The fraction of sp³-hybridized carbons (Fsp3) is 0.250. The molecule has 0 aromatic carbocycles. The second-order valence-electron chi connectivity index (χ2n) is 1.25. The molecule has 0 spiro atoms. The zero-order chi connectivity index (χ0) is 5.86. The van der Waals surface area contributed by atoms with Crippen molar-refractivity contribution in [1.82, 2.24) is 4.84 Å². The Labute approximate surface area is 47.8 Å². The quantitative estimate of drug-likeness (QED) is 0.304. The van der Waals surface area contributed by atoms with Crippen LogP contribution in [0.5, 0.6) is 0 Å². The summed E-state index contributed by atoms with van der Waals surface area (Å²) in [4.78, 5) is 2.12. The van der Waals surface area contributed by atoms with Crippen molar-refractivity contribution in [3.63, 3.8) is 0 Å². The summed E-state index contributed by atoms with van der Waals surface area (Å²) in [5, 5.41) is 6.85. The molecular formula is C4H7ClN2. The molecule has 0 aliphatic carbocycles. The van der Waals surface area contributed by atoms with E-state index >= 15 is 0 Å². The average molecular weight is 119 g/mol. The van der Waals surface area contributed by atoms with Gasteiger partial charge in [0.1, 0.15) is 5.84 Å². The SMILES string of the molecule is C=C(C)C(=N)NCl. The van der Waals surface area contributed by atoms with Crippen molar-refractivity contribution in [3.8, 4) is 0 Å². The van der Waals surface area contributed by atoms with Crippen LogP contribution in [0.3, 0.4) is 0 Å². The van der Waals surface area contributed by atoms with E-state index in [0.717, 1.165) is 0 Å². The Bertz CT molecular complexity index is 97.9. The minimum atomic E-state index is 0.168. The topological polar surface area (TPSA) is 35.9 Å². The summed E-state index contributed by atoms with van der Waals surface area (Å²) in [6.45, 7) is 5.16. The van der Waals surface area contributed by atoms with Gasteiger partial charge in [-0.15, -0.1) is 0 Å². The molecule has 2 nitrogen and oxygen atoms in total. The number of amidine groups is 1. The highest BCUT2D eigenvalue weighted by Gasteiger charge is 1.88. The van der Waals surface area contributed by atoms with Gasteiger partial charge in [-0.3, -0.25) is 10.2 Å². The number of rotatable bonds is 1. The van der Waals surface area contributed by atoms with Crippen LogP contribution in [0, 0.1) is 5.41 Å². The predicted molar refractivity (Wildman–Crippen MR) is 31.5 cm³/mol. The van der Waals surface area contributed by atoms with Gasteiger partial charge < -0.3 is 0 Å². The first-order chi connectivity index (χ1) is 3.18. The van der Waals surface area contributed by atoms with E-state index < -0.39 is 0 Å². The summed E-state index contributed by atoms with van der Waals surface area (Å²) < 4.78 is 0. The molecule has 0 radical (unpaired) electrons. The monoisotopic (exact) mass is 118 g/mol. The molecule has 0 unspecified atom stereocenters. The van der Waals surface area contributed by atoms with E-state index in [1.54, 1.807) is 6.92 Å². The Morgan fingerprint density at radius 1 is 1.86 bits per heavy atom. The fourth-order valence-electron chi connectivity index (χ4n) is 0.0807. The van der Waals surface area contributed by atoms with Gasteiger partial charge in [0, 0.05) is 11.8 Å². The molecule has 0 heterocycles. The molecule has 2 N–H and O–H groups in total. The third-order valence-electron chi connectivity index (χ3n) is 0.521. The summed E-state index contributed by atoms with van der Waals surface area (Å²) in [7, 11) is 0. The minimum absolute atomic E-state index is 0.168. The lowest BCUT2D eigenvalue weighted by Crippen LogP contribution is -2.10. The Morgan fingerprint density at radius 3 is 2.29 bits per heavy atom. The van der Waals surface area contributed by atoms with Crippen molar-refractivity contribution in [2.45, 2.75) is 6.92 Å². The number of halogens is 1. The molecule has 0 amide bonds. The van der Waals surface area contributed by atoms with E-state index in [2.05, 4.69) is 11.4 Å². The lowest BCUT2D eigenvalue weighted by atomic mass is 10.3. The molecule has 3 heteroatoms. The minimum Gasteiger partial charge on any atom is -0.284 e. The van der Waals surface area contributed by atoms with Gasteiger partial charge in [-0.05, 0) is 12.5 Å². The van der Waals surface area contributed by atoms with Gasteiger partial charge in [0.25, 0.3) is 0 Å². The molecular weight excluding hydrogens is 112 g/mol. The van der Waals surface area contributed by atoms with E-state index in [4.69, 9.17) is 17.2 Å². The van der Waals surface area contributed by atoms with Gasteiger partial charge in [0.05, 0.1) is 0 Å². The highest BCUT2D eigenvalue weighted by atomic mass is 35.5. The summed E-state index contributed by atoms with van der Waals surface area (Å²) in [5.74, 6) is 0.168. The van der Waals surface area contributed by atoms with Gasteiger partial charge in [-0.1, -0.05) is 6.58 Å². The molecule has 0 rings (SSSR count). The van der Waals surface area contributed by atoms with E-state index in [-0.39, 0.29) is 5.84 Å². The molecule has 0 bridgehead atoms. The molecule has 0 aromatic rings.